The normalized spacial score (nSPS) is 11.0. The molecule has 0 aliphatic heterocycles. The van der Waals surface area contributed by atoms with Crippen molar-refractivity contribution in [2.75, 3.05) is 13.1 Å². The number of hydrogen-bond donors (Lipinski definition) is 3. The second-order valence-corrected chi connectivity index (χ2v) is 4.86. The van der Waals surface area contributed by atoms with Crippen LogP contribution in [0.15, 0.2) is 0 Å². The van der Waals surface area contributed by atoms with Crippen LogP contribution in [0.2, 0.25) is 0 Å². The number of amides is 2. The third-order valence-corrected chi connectivity index (χ3v) is 2.59. The lowest BCUT2D eigenvalue weighted by molar-refractivity contribution is -0.146. The van der Waals surface area contributed by atoms with Crippen molar-refractivity contribution in [2.45, 2.75) is 46.5 Å². The van der Waals surface area contributed by atoms with Gasteiger partial charge in [-0.2, -0.15) is 0 Å². The van der Waals surface area contributed by atoms with Crippen LogP contribution in [0, 0.1) is 5.41 Å². The van der Waals surface area contributed by atoms with Crippen molar-refractivity contribution in [1.29, 1.82) is 0 Å². The number of carboxylic acids is 1. The molecule has 17 heavy (non-hydrogen) atoms. The van der Waals surface area contributed by atoms with Gasteiger partial charge in [0.25, 0.3) is 0 Å². The lowest BCUT2D eigenvalue weighted by Gasteiger charge is -2.19. The molecular formula is C12H24N2O3. The van der Waals surface area contributed by atoms with E-state index in [1.807, 2.05) is 0 Å². The van der Waals surface area contributed by atoms with Crippen molar-refractivity contribution >= 4 is 12.0 Å². The maximum absolute atomic E-state index is 11.3. The molecule has 0 saturated heterocycles. The van der Waals surface area contributed by atoms with Crippen LogP contribution in [0.3, 0.4) is 0 Å². The number of aliphatic carboxylic acids is 1. The van der Waals surface area contributed by atoms with E-state index in [9.17, 15) is 9.59 Å². The van der Waals surface area contributed by atoms with E-state index in [-0.39, 0.29) is 12.6 Å². The van der Waals surface area contributed by atoms with Crippen LogP contribution < -0.4 is 10.6 Å². The minimum Gasteiger partial charge on any atom is -0.481 e. The van der Waals surface area contributed by atoms with Crippen molar-refractivity contribution in [3.05, 3.63) is 0 Å². The molecule has 0 spiro atoms. The monoisotopic (exact) mass is 244 g/mol. The van der Waals surface area contributed by atoms with E-state index in [2.05, 4.69) is 17.6 Å². The van der Waals surface area contributed by atoms with Crippen LogP contribution in [-0.4, -0.2) is 30.2 Å². The molecule has 0 rings (SSSR count). The van der Waals surface area contributed by atoms with Crippen molar-refractivity contribution in [2.24, 2.45) is 5.41 Å². The summed E-state index contributed by atoms with van der Waals surface area (Å²) in [5.74, 6) is -0.916. The molecule has 2 amide bonds. The molecule has 5 nitrogen and oxygen atoms in total. The van der Waals surface area contributed by atoms with Crippen LogP contribution in [0.4, 0.5) is 4.79 Å². The lowest BCUT2D eigenvalue weighted by Crippen LogP contribution is -2.43. The van der Waals surface area contributed by atoms with Gasteiger partial charge in [0.2, 0.25) is 0 Å². The smallest absolute Gasteiger partial charge is 0.314 e. The molecule has 0 atom stereocenters. The molecule has 0 aromatic heterocycles. The molecular weight excluding hydrogens is 220 g/mol. The molecule has 0 aromatic carbocycles. The third-order valence-electron chi connectivity index (χ3n) is 2.59. The summed E-state index contributed by atoms with van der Waals surface area (Å²) in [6, 6.07) is -0.296. The van der Waals surface area contributed by atoms with Gasteiger partial charge in [0.15, 0.2) is 0 Å². The van der Waals surface area contributed by atoms with Gasteiger partial charge in [0.1, 0.15) is 0 Å². The van der Waals surface area contributed by atoms with Crippen LogP contribution in [0.5, 0.6) is 0 Å². The van der Waals surface area contributed by atoms with Gasteiger partial charge in [-0.15, -0.1) is 0 Å². The molecule has 0 aromatic rings. The molecule has 0 aliphatic carbocycles. The number of nitrogens with one attached hydrogen (secondary N) is 2. The Morgan fingerprint density at radius 2 is 1.76 bits per heavy atom. The lowest BCUT2D eigenvalue weighted by atomic mass is 9.94. The fourth-order valence-corrected chi connectivity index (χ4v) is 1.19. The number of hydrogen-bond acceptors (Lipinski definition) is 2. The molecule has 0 unspecified atom stereocenters. The summed E-state index contributed by atoms with van der Waals surface area (Å²) < 4.78 is 0. The maximum atomic E-state index is 11.3. The van der Waals surface area contributed by atoms with Crippen LogP contribution in [-0.2, 0) is 4.79 Å². The van der Waals surface area contributed by atoms with E-state index >= 15 is 0 Å². The van der Waals surface area contributed by atoms with Gasteiger partial charge in [-0.25, -0.2) is 4.79 Å². The summed E-state index contributed by atoms with van der Waals surface area (Å²) in [6.07, 6.45) is 4.41. The average Bonchev–Trinajstić information content (AvgIpc) is 2.26. The number of unbranched alkanes of at least 4 members (excludes halogenated alkanes) is 3. The van der Waals surface area contributed by atoms with Gasteiger partial charge in [-0.1, -0.05) is 26.2 Å². The van der Waals surface area contributed by atoms with E-state index in [0.717, 1.165) is 12.8 Å². The Morgan fingerprint density at radius 3 is 2.29 bits per heavy atom. The first-order valence-electron chi connectivity index (χ1n) is 6.15. The molecule has 3 N–H and O–H groups in total. The summed E-state index contributed by atoms with van der Waals surface area (Å²) >= 11 is 0. The Balaban J connectivity index is 3.63. The summed E-state index contributed by atoms with van der Waals surface area (Å²) in [5, 5.41) is 14.1. The number of urea groups is 1. The molecule has 0 radical (unpaired) electrons. The SMILES string of the molecule is CCCCCCNC(=O)NCC(C)(C)C(=O)O. The predicted octanol–water partition coefficient (Wildman–Crippen LogP) is 1.98. The topological polar surface area (TPSA) is 78.4 Å². The van der Waals surface area contributed by atoms with Crippen molar-refractivity contribution < 1.29 is 14.7 Å². The van der Waals surface area contributed by atoms with Crippen molar-refractivity contribution in [1.82, 2.24) is 10.6 Å². The average molecular weight is 244 g/mol. The Labute approximate surface area is 103 Å². The summed E-state index contributed by atoms with van der Waals surface area (Å²) in [6.45, 7) is 6.06. The zero-order chi connectivity index (χ0) is 13.3. The largest absolute Gasteiger partial charge is 0.481 e. The zero-order valence-corrected chi connectivity index (χ0v) is 11.0. The summed E-state index contributed by atoms with van der Waals surface area (Å²) in [4.78, 5) is 22.1. The standard InChI is InChI=1S/C12H24N2O3/c1-4-5-6-7-8-13-11(17)14-9-12(2,3)10(15)16/h4-9H2,1-3H3,(H,15,16)(H2,13,14,17). The molecule has 0 saturated carbocycles. The highest BCUT2D eigenvalue weighted by Gasteiger charge is 2.27. The Kier molecular flexibility index (Phi) is 7.34. The predicted molar refractivity (Wildman–Crippen MR) is 67.0 cm³/mol. The number of carbonyl (C=O) groups is 2. The number of rotatable bonds is 8. The van der Waals surface area contributed by atoms with Gasteiger partial charge in [0, 0.05) is 13.1 Å². The molecule has 100 valence electrons. The minimum atomic E-state index is -0.931. The van der Waals surface area contributed by atoms with E-state index < -0.39 is 11.4 Å². The second-order valence-electron chi connectivity index (χ2n) is 4.86. The Bertz CT molecular complexity index is 252. The van der Waals surface area contributed by atoms with Gasteiger partial charge in [-0.3, -0.25) is 4.79 Å². The highest BCUT2D eigenvalue weighted by Crippen LogP contribution is 2.12. The minimum absolute atomic E-state index is 0.128. The second kappa shape index (κ2) is 7.92. The zero-order valence-electron chi connectivity index (χ0n) is 11.0. The van der Waals surface area contributed by atoms with Crippen molar-refractivity contribution in [3.63, 3.8) is 0 Å². The summed E-state index contributed by atoms with van der Waals surface area (Å²) in [7, 11) is 0. The van der Waals surface area contributed by atoms with E-state index in [0.29, 0.717) is 6.54 Å². The molecule has 0 bridgehead atoms. The quantitative estimate of drug-likeness (QED) is 0.571. The first-order chi connectivity index (χ1) is 7.90. The molecule has 0 aliphatic rings. The van der Waals surface area contributed by atoms with Crippen molar-refractivity contribution in [3.8, 4) is 0 Å². The Morgan fingerprint density at radius 1 is 1.12 bits per heavy atom. The van der Waals surface area contributed by atoms with Gasteiger partial charge < -0.3 is 15.7 Å². The first-order valence-corrected chi connectivity index (χ1v) is 6.15. The highest BCUT2D eigenvalue weighted by molar-refractivity contribution is 5.77. The van der Waals surface area contributed by atoms with E-state index in [4.69, 9.17) is 5.11 Å². The van der Waals surface area contributed by atoms with E-state index in [1.54, 1.807) is 13.8 Å². The number of carboxylic acid groups (broad SMARTS) is 1. The van der Waals surface area contributed by atoms with Crippen LogP contribution in [0.1, 0.15) is 46.5 Å². The maximum Gasteiger partial charge on any atom is 0.314 e. The molecule has 0 heterocycles. The van der Waals surface area contributed by atoms with Gasteiger partial charge in [0.05, 0.1) is 5.41 Å². The van der Waals surface area contributed by atoms with E-state index in [1.165, 1.54) is 12.8 Å². The molecule has 5 heteroatoms. The summed E-state index contributed by atoms with van der Waals surface area (Å²) in [5.41, 5.74) is -0.931. The Hall–Kier alpha value is -1.26. The highest BCUT2D eigenvalue weighted by atomic mass is 16.4. The molecule has 0 fully saturated rings. The fourth-order valence-electron chi connectivity index (χ4n) is 1.19. The number of carbonyl (C=O) groups excluding carboxylic acids is 1. The fraction of sp³-hybridized carbons (Fsp3) is 0.833. The van der Waals surface area contributed by atoms with Gasteiger partial charge in [-0.05, 0) is 20.3 Å². The van der Waals surface area contributed by atoms with Crippen LogP contribution in [0.25, 0.3) is 0 Å². The van der Waals surface area contributed by atoms with Crippen LogP contribution >= 0.6 is 0 Å². The third kappa shape index (κ3) is 7.60. The van der Waals surface area contributed by atoms with Gasteiger partial charge >= 0.3 is 12.0 Å². The first kappa shape index (κ1) is 15.7.